The van der Waals surface area contributed by atoms with E-state index in [1.54, 1.807) is 25.7 Å². The number of likely N-dealkylation sites (tertiary alicyclic amines) is 1. The Bertz CT molecular complexity index is 778. The number of aryl methyl sites for hydroxylation is 1. The van der Waals surface area contributed by atoms with Crippen molar-refractivity contribution >= 4 is 17.8 Å². The van der Waals surface area contributed by atoms with Gasteiger partial charge >= 0.3 is 5.97 Å². The van der Waals surface area contributed by atoms with E-state index in [0.717, 1.165) is 25.7 Å². The van der Waals surface area contributed by atoms with Crippen LogP contribution in [0.25, 0.3) is 0 Å². The summed E-state index contributed by atoms with van der Waals surface area (Å²) >= 11 is 0. The predicted molar refractivity (Wildman–Crippen MR) is 114 cm³/mol. The molecule has 3 rings (SSSR count). The van der Waals surface area contributed by atoms with Crippen LogP contribution < -0.4 is 5.32 Å². The summed E-state index contributed by atoms with van der Waals surface area (Å²) < 4.78 is 5.12. The van der Waals surface area contributed by atoms with Gasteiger partial charge in [-0.05, 0) is 52.0 Å². The first-order valence-corrected chi connectivity index (χ1v) is 11.4. The lowest BCUT2D eigenvalue weighted by molar-refractivity contribution is -0.127. The number of H-pyrrole nitrogens is 1. The molecule has 1 aliphatic carbocycles. The number of aromatic amines is 1. The Morgan fingerprint density at radius 1 is 1.07 bits per heavy atom. The predicted octanol–water partition coefficient (Wildman–Crippen LogP) is 3.50. The molecule has 7 heteroatoms. The SMILES string of the molecule is CCOC(=O)c1c(C)[nH]c(C(=O)N2CCCC(C(=O)NC3CCCCCC3)C2)c1C. The maximum Gasteiger partial charge on any atom is 0.340 e. The van der Waals surface area contributed by atoms with Crippen molar-refractivity contribution in [2.75, 3.05) is 19.7 Å². The molecule has 2 amide bonds. The van der Waals surface area contributed by atoms with E-state index in [1.165, 1.54) is 25.7 Å². The van der Waals surface area contributed by atoms with Crippen molar-refractivity contribution in [2.24, 2.45) is 5.92 Å². The van der Waals surface area contributed by atoms with Gasteiger partial charge in [0.1, 0.15) is 5.69 Å². The molecular formula is C23H35N3O4. The molecule has 166 valence electrons. The molecule has 2 fully saturated rings. The van der Waals surface area contributed by atoms with Crippen LogP contribution in [-0.2, 0) is 9.53 Å². The number of carbonyl (C=O) groups excluding carboxylic acids is 3. The summed E-state index contributed by atoms with van der Waals surface area (Å²) in [4.78, 5) is 43.1. The topological polar surface area (TPSA) is 91.5 Å². The van der Waals surface area contributed by atoms with E-state index in [2.05, 4.69) is 10.3 Å². The second-order valence-electron chi connectivity index (χ2n) is 8.63. The lowest BCUT2D eigenvalue weighted by atomic mass is 9.95. The van der Waals surface area contributed by atoms with Gasteiger partial charge in [-0.25, -0.2) is 4.79 Å². The van der Waals surface area contributed by atoms with Crippen molar-refractivity contribution in [3.8, 4) is 0 Å². The van der Waals surface area contributed by atoms with E-state index in [4.69, 9.17) is 4.74 Å². The molecule has 1 aromatic rings. The van der Waals surface area contributed by atoms with Crippen molar-refractivity contribution < 1.29 is 19.1 Å². The molecule has 2 heterocycles. The zero-order valence-corrected chi connectivity index (χ0v) is 18.5. The number of piperidine rings is 1. The van der Waals surface area contributed by atoms with E-state index in [0.29, 0.717) is 35.6 Å². The van der Waals surface area contributed by atoms with Crippen molar-refractivity contribution in [3.05, 3.63) is 22.5 Å². The summed E-state index contributed by atoms with van der Waals surface area (Å²) in [5.41, 5.74) is 2.09. The van der Waals surface area contributed by atoms with Gasteiger partial charge in [-0.3, -0.25) is 9.59 Å². The van der Waals surface area contributed by atoms with Gasteiger partial charge in [0.15, 0.2) is 0 Å². The van der Waals surface area contributed by atoms with Crippen molar-refractivity contribution in [3.63, 3.8) is 0 Å². The number of esters is 1. The van der Waals surface area contributed by atoms with Crippen LogP contribution in [0.5, 0.6) is 0 Å². The van der Waals surface area contributed by atoms with Gasteiger partial charge in [-0.1, -0.05) is 25.7 Å². The summed E-state index contributed by atoms with van der Waals surface area (Å²) in [6.45, 7) is 6.63. The fraction of sp³-hybridized carbons (Fsp3) is 0.696. The van der Waals surface area contributed by atoms with E-state index in [9.17, 15) is 14.4 Å². The monoisotopic (exact) mass is 417 g/mol. The molecule has 1 atom stereocenters. The van der Waals surface area contributed by atoms with Crippen molar-refractivity contribution in [1.29, 1.82) is 0 Å². The molecule has 0 radical (unpaired) electrons. The summed E-state index contributed by atoms with van der Waals surface area (Å²) in [6.07, 6.45) is 8.57. The van der Waals surface area contributed by atoms with Gasteiger partial charge in [0.2, 0.25) is 5.91 Å². The average molecular weight is 418 g/mol. The molecule has 1 saturated carbocycles. The molecule has 2 aliphatic rings. The van der Waals surface area contributed by atoms with Gasteiger partial charge < -0.3 is 19.9 Å². The van der Waals surface area contributed by atoms with Gasteiger partial charge in [0.25, 0.3) is 5.91 Å². The molecule has 0 bridgehead atoms. The van der Waals surface area contributed by atoms with Crippen LogP contribution in [0.2, 0.25) is 0 Å². The highest BCUT2D eigenvalue weighted by Crippen LogP contribution is 2.24. The lowest BCUT2D eigenvalue weighted by Crippen LogP contribution is -2.47. The Kier molecular flexibility index (Phi) is 7.56. The smallest absolute Gasteiger partial charge is 0.340 e. The highest BCUT2D eigenvalue weighted by Gasteiger charge is 2.32. The van der Waals surface area contributed by atoms with Crippen LogP contribution in [0.3, 0.4) is 0 Å². The van der Waals surface area contributed by atoms with Crippen LogP contribution >= 0.6 is 0 Å². The van der Waals surface area contributed by atoms with Crippen LogP contribution in [0.4, 0.5) is 0 Å². The minimum atomic E-state index is -0.415. The Morgan fingerprint density at radius 3 is 2.43 bits per heavy atom. The summed E-state index contributed by atoms with van der Waals surface area (Å²) in [6, 6.07) is 0.270. The molecule has 0 aromatic carbocycles. The fourth-order valence-corrected chi connectivity index (χ4v) is 4.75. The molecule has 1 aliphatic heterocycles. The molecule has 7 nitrogen and oxygen atoms in total. The van der Waals surface area contributed by atoms with Crippen LogP contribution in [0.1, 0.15) is 90.4 Å². The number of nitrogens with zero attached hydrogens (tertiary/aromatic N) is 1. The first kappa shape index (κ1) is 22.4. The maximum absolute atomic E-state index is 13.2. The largest absolute Gasteiger partial charge is 0.462 e. The molecule has 1 unspecified atom stereocenters. The van der Waals surface area contributed by atoms with Gasteiger partial charge in [0.05, 0.1) is 18.1 Å². The third-order valence-electron chi connectivity index (χ3n) is 6.41. The molecule has 2 N–H and O–H groups in total. The van der Waals surface area contributed by atoms with Gasteiger partial charge in [-0.15, -0.1) is 0 Å². The number of nitrogens with one attached hydrogen (secondary N) is 2. The van der Waals surface area contributed by atoms with Crippen LogP contribution in [-0.4, -0.2) is 53.4 Å². The molecular weight excluding hydrogens is 382 g/mol. The zero-order valence-electron chi connectivity index (χ0n) is 18.5. The van der Waals surface area contributed by atoms with E-state index < -0.39 is 5.97 Å². The van der Waals surface area contributed by atoms with Crippen molar-refractivity contribution in [2.45, 2.75) is 78.2 Å². The summed E-state index contributed by atoms with van der Waals surface area (Å²) in [7, 11) is 0. The first-order valence-electron chi connectivity index (χ1n) is 11.4. The number of ether oxygens (including phenoxy) is 1. The summed E-state index contributed by atoms with van der Waals surface area (Å²) in [5, 5.41) is 3.24. The Hall–Kier alpha value is -2.31. The lowest BCUT2D eigenvalue weighted by Gasteiger charge is -2.33. The quantitative estimate of drug-likeness (QED) is 0.567. The highest BCUT2D eigenvalue weighted by atomic mass is 16.5. The number of aromatic nitrogens is 1. The third-order valence-corrected chi connectivity index (χ3v) is 6.41. The first-order chi connectivity index (χ1) is 14.4. The minimum Gasteiger partial charge on any atom is -0.462 e. The third kappa shape index (κ3) is 5.05. The molecule has 1 aromatic heterocycles. The van der Waals surface area contributed by atoms with Gasteiger partial charge in [0, 0.05) is 24.8 Å². The zero-order chi connectivity index (χ0) is 21.7. The van der Waals surface area contributed by atoms with Crippen molar-refractivity contribution in [1.82, 2.24) is 15.2 Å². The highest BCUT2D eigenvalue weighted by molar-refractivity contribution is 6.00. The minimum absolute atomic E-state index is 0.0750. The number of hydrogen-bond donors (Lipinski definition) is 2. The molecule has 30 heavy (non-hydrogen) atoms. The molecule has 0 spiro atoms. The van der Waals surface area contributed by atoms with Crippen LogP contribution in [0.15, 0.2) is 0 Å². The van der Waals surface area contributed by atoms with Crippen LogP contribution in [0, 0.1) is 19.8 Å². The fourth-order valence-electron chi connectivity index (χ4n) is 4.75. The van der Waals surface area contributed by atoms with E-state index in [-0.39, 0.29) is 30.4 Å². The maximum atomic E-state index is 13.2. The van der Waals surface area contributed by atoms with E-state index in [1.807, 2.05) is 0 Å². The normalized spacial score (nSPS) is 20.5. The summed E-state index contributed by atoms with van der Waals surface area (Å²) in [5.74, 6) is -0.668. The second-order valence-corrected chi connectivity index (χ2v) is 8.63. The average Bonchev–Trinajstić information content (AvgIpc) is 2.88. The number of amides is 2. The Labute approximate surface area is 178 Å². The Balaban J connectivity index is 1.66. The number of hydrogen-bond acceptors (Lipinski definition) is 4. The standard InChI is InChI=1S/C23H35N3O4/c1-4-30-23(29)19-15(2)20(24-16(19)3)22(28)26-13-9-10-17(14-26)21(27)25-18-11-7-5-6-8-12-18/h17-18,24H,4-14H2,1-3H3,(H,25,27). The molecule has 1 saturated heterocycles. The number of rotatable bonds is 5. The Morgan fingerprint density at radius 2 is 1.77 bits per heavy atom. The van der Waals surface area contributed by atoms with E-state index >= 15 is 0 Å². The van der Waals surface area contributed by atoms with Gasteiger partial charge in [-0.2, -0.15) is 0 Å². The number of carbonyl (C=O) groups is 3. The second kappa shape index (κ2) is 10.1.